The van der Waals surface area contributed by atoms with Crippen LogP contribution in [0.5, 0.6) is 0 Å². The second kappa shape index (κ2) is 6.09. The zero-order valence-electron chi connectivity index (χ0n) is 9.69. The van der Waals surface area contributed by atoms with Crippen LogP contribution in [0.3, 0.4) is 0 Å². The second-order valence-electron chi connectivity index (χ2n) is 3.82. The highest BCUT2D eigenvalue weighted by Gasteiger charge is 2.18. The first kappa shape index (κ1) is 14.1. The van der Waals surface area contributed by atoms with Gasteiger partial charge in [0, 0.05) is 12.5 Å². The van der Waals surface area contributed by atoms with E-state index in [0.29, 0.717) is 5.56 Å². The molecule has 0 aromatic heterocycles. The maximum Gasteiger partial charge on any atom is 0.305 e. The molecule has 0 saturated carbocycles. The molecule has 0 spiro atoms. The molecule has 98 valence electrons. The highest BCUT2D eigenvalue weighted by atomic mass is 19.3. The van der Waals surface area contributed by atoms with Crippen molar-refractivity contribution in [2.24, 2.45) is 0 Å². The van der Waals surface area contributed by atoms with Crippen molar-refractivity contribution in [3.63, 3.8) is 0 Å². The summed E-state index contributed by atoms with van der Waals surface area (Å²) in [5, 5.41) is 11.2. The molecule has 4 nitrogen and oxygen atoms in total. The Bertz CT molecular complexity index is 433. The van der Waals surface area contributed by atoms with Gasteiger partial charge in [-0.25, -0.2) is 8.78 Å². The third kappa shape index (κ3) is 4.12. The lowest BCUT2D eigenvalue weighted by atomic mass is 10.0. The SMILES string of the molecule is CC(=O)NC(CC(=O)O)c1cccc(C(F)F)c1. The van der Waals surface area contributed by atoms with Gasteiger partial charge >= 0.3 is 5.97 Å². The fourth-order valence-corrected chi connectivity index (χ4v) is 1.58. The summed E-state index contributed by atoms with van der Waals surface area (Å²) in [6.45, 7) is 1.24. The molecule has 2 N–H and O–H groups in total. The van der Waals surface area contributed by atoms with E-state index in [0.717, 1.165) is 0 Å². The summed E-state index contributed by atoms with van der Waals surface area (Å²) < 4.78 is 25.1. The predicted molar refractivity (Wildman–Crippen MR) is 60.2 cm³/mol. The van der Waals surface area contributed by atoms with Gasteiger partial charge in [0.15, 0.2) is 0 Å². The molecule has 0 fully saturated rings. The normalized spacial score (nSPS) is 12.2. The Kier molecular flexibility index (Phi) is 4.76. The Morgan fingerprint density at radius 2 is 1.94 bits per heavy atom. The number of benzene rings is 1. The van der Waals surface area contributed by atoms with Gasteiger partial charge in [0.2, 0.25) is 5.91 Å². The Morgan fingerprint density at radius 3 is 2.44 bits per heavy atom. The van der Waals surface area contributed by atoms with E-state index >= 15 is 0 Å². The van der Waals surface area contributed by atoms with Crippen LogP contribution in [0.1, 0.15) is 36.9 Å². The first-order valence-electron chi connectivity index (χ1n) is 5.27. The van der Waals surface area contributed by atoms with Crippen molar-refractivity contribution in [1.82, 2.24) is 5.32 Å². The van der Waals surface area contributed by atoms with Crippen LogP contribution in [0.4, 0.5) is 8.78 Å². The minimum Gasteiger partial charge on any atom is -0.481 e. The fraction of sp³-hybridized carbons (Fsp3) is 0.333. The highest BCUT2D eigenvalue weighted by Crippen LogP contribution is 2.24. The molecule has 0 radical (unpaired) electrons. The van der Waals surface area contributed by atoms with Crippen molar-refractivity contribution in [2.75, 3.05) is 0 Å². The van der Waals surface area contributed by atoms with Gasteiger partial charge in [0.05, 0.1) is 12.5 Å². The zero-order valence-corrected chi connectivity index (χ0v) is 9.69. The van der Waals surface area contributed by atoms with E-state index in [9.17, 15) is 18.4 Å². The molecule has 0 aliphatic rings. The van der Waals surface area contributed by atoms with Gasteiger partial charge in [-0.2, -0.15) is 0 Å². The summed E-state index contributed by atoms with van der Waals surface area (Å²) in [6.07, 6.45) is -2.99. The van der Waals surface area contributed by atoms with Gasteiger partial charge in [0.1, 0.15) is 0 Å². The summed E-state index contributed by atoms with van der Waals surface area (Å²) in [7, 11) is 0. The van der Waals surface area contributed by atoms with Crippen molar-refractivity contribution in [2.45, 2.75) is 25.8 Å². The van der Waals surface area contributed by atoms with Gasteiger partial charge < -0.3 is 10.4 Å². The first-order valence-corrected chi connectivity index (χ1v) is 5.27. The van der Waals surface area contributed by atoms with Gasteiger partial charge in [0.25, 0.3) is 6.43 Å². The molecule has 1 aromatic carbocycles. The highest BCUT2D eigenvalue weighted by molar-refractivity contribution is 5.75. The maximum atomic E-state index is 12.5. The molecule has 1 rings (SSSR count). The van der Waals surface area contributed by atoms with Crippen LogP contribution in [0, 0.1) is 0 Å². The number of alkyl halides is 2. The quantitative estimate of drug-likeness (QED) is 0.850. The monoisotopic (exact) mass is 257 g/mol. The summed E-state index contributed by atoms with van der Waals surface area (Å²) in [4.78, 5) is 21.7. The summed E-state index contributed by atoms with van der Waals surface area (Å²) in [5.41, 5.74) is 0.152. The van der Waals surface area contributed by atoms with Crippen LogP contribution in [0.2, 0.25) is 0 Å². The number of carbonyl (C=O) groups excluding carboxylic acids is 1. The van der Waals surface area contributed by atoms with Gasteiger partial charge in [-0.3, -0.25) is 9.59 Å². The molecule has 6 heteroatoms. The van der Waals surface area contributed by atoms with Crippen molar-refractivity contribution in [3.8, 4) is 0 Å². The molecule has 1 atom stereocenters. The lowest BCUT2D eigenvalue weighted by Gasteiger charge is -2.17. The second-order valence-corrected chi connectivity index (χ2v) is 3.82. The number of carboxylic acids is 1. The Morgan fingerprint density at radius 1 is 1.33 bits per heavy atom. The number of carbonyl (C=O) groups is 2. The van der Waals surface area contributed by atoms with Crippen molar-refractivity contribution in [1.29, 1.82) is 0 Å². The molecule has 0 saturated heterocycles. The fourth-order valence-electron chi connectivity index (χ4n) is 1.58. The number of hydrogen-bond acceptors (Lipinski definition) is 2. The first-order chi connectivity index (χ1) is 8.40. The number of amides is 1. The zero-order chi connectivity index (χ0) is 13.7. The van der Waals surface area contributed by atoms with E-state index in [1.807, 2.05) is 0 Å². The largest absolute Gasteiger partial charge is 0.481 e. The number of hydrogen-bond donors (Lipinski definition) is 2. The van der Waals surface area contributed by atoms with Crippen LogP contribution < -0.4 is 5.32 Å². The molecule has 0 aliphatic heterocycles. The van der Waals surface area contributed by atoms with E-state index in [1.54, 1.807) is 0 Å². The van der Waals surface area contributed by atoms with Crippen molar-refractivity contribution < 1.29 is 23.5 Å². The third-order valence-corrected chi connectivity index (χ3v) is 2.32. The molecule has 0 bridgehead atoms. The van der Waals surface area contributed by atoms with Crippen molar-refractivity contribution in [3.05, 3.63) is 35.4 Å². The van der Waals surface area contributed by atoms with Crippen LogP contribution in [0.25, 0.3) is 0 Å². The number of aliphatic carboxylic acids is 1. The van der Waals surface area contributed by atoms with E-state index in [4.69, 9.17) is 5.11 Å². The van der Waals surface area contributed by atoms with Gasteiger partial charge in [-0.1, -0.05) is 18.2 Å². The van der Waals surface area contributed by atoms with Crippen LogP contribution >= 0.6 is 0 Å². The summed E-state index contributed by atoms with van der Waals surface area (Å²) >= 11 is 0. The topological polar surface area (TPSA) is 66.4 Å². The average Bonchev–Trinajstić information content (AvgIpc) is 2.27. The smallest absolute Gasteiger partial charge is 0.305 e. The maximum absolute atomic E-state index is 12.5. The Balaban J connectivity index is 2.99. The number of halogens is 2. The summed E-state index contributed by atoms with van der Waals surface area (Å²) in [5.74, 6) is -1.53. The van der Waals surface area contributed by atoms with Crippen molar-refractivity contribution >= 4 is 11.9 Å². The van der Waals surface area contributed by atoms with E-state index in [1.165, 1.54) is 31.2 Å². The minimum absolute atomic E-state index is 0.201. The molecule has 1 aromatic rings. The third-order valence-electron chi connectivity index (χ3n) is 2.32. The molecule has 1 unspecified atom stereocenters. The van der Waals surface area contributed by atoms with Gasteiger partial charge in [-0.15, -0.1) is 0 Å². The molecular weight excluding hydrogens is 244 g/mol. The number of rotatable bonds is 5. The van der Waals surface area contributed by atoms with Gasteiger partial charge in [-0.05, 0) is 11.6 Å². The van der Waals surface area contributed by atoms with E-state index in [2.05, 4.69) is 5.32 Å². The standard InChI is InChI=1S/C12H13F2NO3/c1-7(16)15-10(6-11(17)18)8-3-2-4-9(5-8)12(13)14/h2-5,10,12H,6H2,1H3,(H,15,16)(H,17,18). The Hall–Kier alpha value is -1.98. The van der Waals surface area contributed by atoms with E-state index < -0.39 is 24.3 Å². The number of carboxylic acid groups (broad SMARTS) is 1. The van der Waals surface area contributed by atoms with Crippen LogP contribution in [-0.2, 0) is 9.59 Å². The molecule has 0 heterocycles. The lowest BCUT2D eigenvalue weighted by molar-refractivity contribution is -0.137. The Labute approximate surface area is 103 Å². The predicted octanol–water partition coefficient (Wildman–Crippen LogP) is 2.28. The average molecular weight is 257 g/mol. The molecule has 1 amide bonds. The van der Waals surface area contributed by atoms with E-state index in [-0.39, 0.29) is 12.0 Å². The molecular formula is C12H13F2NO3. The number of nitrogens with one attached hydrogen (secondary N) is 1. The van der Waals surface area contributed by atoms with Crippen LogP contribution in [-0.4, -0.2) is 17.0 Å². The lowest BCUT2D eigenvalue weighted by Crippen LogP contribution is -2.28. The molecule has 0 aliphatic carbocycles. The minimum atomic E-state index is -2.63. The molecule has 18 heavy (non-hydrogen) atoms. The summed E-state index contributed by atoms with van der Waals surface area (Å²) in [6, 6.07) is 4.57. The van der Waals surface area contributed by atoms with Crippen LogP contribution in [0.15, 0.2) is 24.3 Å².